The molecule has 4 bridgehead atoms. The Labute approximate surface area is 134 Å². The molecule has 0 aromatic heterocycles. The number of hydrogen-bond acceptors (Lipinski definition) is 4. The van der Waals surface area contributed by atoms with Crippen LogP contribution in [-0.4, -0.2) is 52.7 Å². The van der Waals surface area contributed by atoms with Crippen LogP contribution in [0.25, 0.3) is 0 Å². The minimum atomic E-state index is -0.918. The summed E-state index contributed by atoms with van der Waals surface area (Å²) in [5.41, 5.74) is -0.159. The first-order valence-electron chi connectivity index (χ1n) is 8.31. The molecule has 5 fully saturated rings. The predicted octanol–water partition coefficient (Wildman–Crippen LogP) is 0.492. The number of nitrogens with zero attached hydrogens (tertiary/aromatic N) is 2. The van der Waals surface area contributed by atoms with Crippen molar-refractivity contribution in [1.82, 2.24) is 15.1 Å². The highest BCUT2D eigenvalue weighted by molar-refractivity contribution is 6.44. The van der Waals surface area contributed by atoms with Crippen LogP contribution in [0.3, 0.4) is 0 Å². The molecule has 0 spiro atoms. The second kappa shape index (κ2) is 4.79. The van der Waals surface area contributed by atoms with Gasteiger partial charge in [0.25, 0.3) is 0 Å². The van der Waals surface area contributed by atoms with Crippen molar-refractivity contribution in [2.24, 2.45) is 17.8 Å². The van der Waals surface area contributed by atoms with Gasteiger partial charge in [-0.2, -0.15) is 0 Å². The molecule has 0 radical (unpaired) electrons. The van der Waals surface area contributed by atoms with Gasteiger partial charge in [0.1, 0.15) is 6.54 Å². The van der Waals surface area contributed by atoms with Crippen LogP contribution in [0.2, 0.25) is 0 Å². The van der Waals surface area contributed by atoms with E-state index in [0.29, 0.717) is 17.8 Å². The Balaban J connectivity index is 1.44. The van der Waals surface area contributed by atoms with Crippen LogP contribution in [0.5, 0.6) is 0 Å². The molecule has 1 saturated heterocycles. The highest BCUT2D eigenvalue weighted by Crippen LogP contribution is 2.55. The number of hydrogen-bond donors (Lipinski definition) is 1. The molecule has 5 aliphatic rings. The van der Waals surface area contributed by atoms with Gasteiger partial charge in [-0.05, 0) is 56.3 Å². The van der Waals surface area contributed by atoms with Crippen LogP contribution in [-0.2, 0) is 14.4 Å². The number of carbonyl (C=O) groups is 4. The Hall–Kier alpha value is -1.92. The van der Waals surface area contributed by atoms with E-state index in [1.54, 1.807) is 0 Å². The van der Waals surface area contributed by atoms with Gasteiger partial charge in [0.05, 0.1) is 0 Å². The molecule has 1 N–H and O–H groups in total. The molecule has 4 aliphatic carbocycles. The molecule has 23 heavy (non-hydrogen) atoms. The van der Waals surface area contributed by atoms with Crippen LogP contribution < -0.4 is 5.32 Å². The van der Waals surface area contributed by atoms with Crippen molar-refractivity contribution in [2.75, 3.05) is 13.6 Å². The summed E-state index contributed by atoms with van der Waals surface area (Å²) in [6, 6.07) is -0.722. The van der Waals surface area contributed by atoms with E-state index in [4.69, 9.17) is 0 Å². The van der Waals surface area contributed by atoms with Gasteiger partial charge in [-0.1, -0.05) is 0 Å². The predicted molar refractivity (Wildman–Crippen MR) is 78.9 cm³/mol. The Morgan fingerprint density at radius 1 is 1.04 bits per heavy atom. The summed E-state index contributed by atoms with van der Waals surface area (Å²) in [6.45, 7) is -0.366. The lowest BCUT2D eigenvalue weighted by atomic mass is 9.53. The smallest absolute Gasteiger partial charge is 0.334 e. The molecule has 7 nitrogen and oxygen atoms in total. The Morgan fingerprint density at radius 2 is 1.57 bits per heavy atom. The SMILES string of the molecule is CN1C(=O)C(=O)N(CC(=O)NC23CC4CC(CC(C4)C2)C3)C1=O. The zero-order valence-electron chi connectivity index (χ0n) is 13.2. The fourth-order valence-electron chi connectivity index (χ4n) is 5.50. The van der Waals surface area contributed by atoms with E-state index in [9.17, 15) is 19.2 Å². The Kier molecular flexibility index (Phi) is 3.05. The van der Waals surface area contributed by atoms with Crippen molar-refractivity contribution in [3.05, 3.63) is 0 Å². The minimum Gasteiger partial charge on any atom is -0.349 e. The van der Waals surface area contributed by atoms with Gasteiger partial charge in [-0.25, -0.2) is 9.69 Å². The largest absolute Gasteiger partial charge is 0.349 e. The van der Waals surface area contributed by atoms with E-state index in [-0.39, 0.29) is 18.0 Å². The highest BCUT2D eigenvalue weighted by Gasteiger charge is 2.52. The van der Waals surface area contributed by atoms with Gasteiger partial charge in [0, 0.05) is 12.6 Å². The Morgan fingerprint density at radius 3 is 2.00 bits per heavy atom. The molecule has 5 rings (SSSR count). The number of urea groups is 1. The first-order valence-corrected chi connectivity index (χ1v) is 8.31. The monoisotopic (exact) mass is 319 g/mol. The van der Waals surface area contributed by atoms with Crippen molar-refractivity contribution in [3.63, 3.8) is 0 Å². The van der Waals surface area contributed by atoms with E-state index >= 15 is 0 Å². The van der Waals surface area contributed by atoms with Gasteiger partial charge in [-0.15, -0.1) is 0 Å². The third-order valence-electron chi connectivity index (χ3n) is 6.00. The molecular formula is C16H21N3O4. The van der Waals surface area contributed by atoms with Crippen LogP contribution in [0.4, 0.5) is 4.79 Å². The van der Waals surface area contributed by atoms with Crippen molar-refractivity contribution < 1.29 is 19.2 Å². The third kappa shape index (κ3) is 2.24. The fourth-order valence-corrected chi connectivity index (χ4v) is 5.50. The number of imide groups is 2. The second-order valence-electron chi connectivity index (χ2n) is 7.78. The summed E-state index contributed by atoms with van der Waals surface area (Å²) < 4.78 is 0. The summed E-state index contributed by atoms with van der Waals surface area (Å²) in [5, 5.41) is 3.11. The zero-order chi connectivity index (χ0) is 16.4. The highest BCUT2D eigenvalue weighted by atomic mass is 16.2. The molecule has 124 valence electrons. The van der Waals surface area contributed by atoms with Gasteiger partial charge in [0.15, 0.2) is 0 Å². The summed E-state index contributed by atoms with van der Waals surface area (Å²) in [6.07, 6.45) is 6.84. The number of carbonyl (C=O) groups excluding carboxylic acids is 4. The molecule has 0 unspecified atom stereocenters. The second-order valence-corrected chi connectivity index (χ2v) is 7.78. The normalized spacial score (nSPS) is 38.7. The summed E-state index contributed by atoms with van der Waals surface area (Å²) in [7, 11) is 1.25. The maximum atomic E-state index is 12.4. The number of rotatable bonds is 3. The topological polar surface area (TPSA) is 86.8 Å². The minimum absolute atomic E-state index is 0.159. The van der Waals surface area contributed by atoms with Crippen LogP contribution in [0.15, 0.2) is 0 Å². The molecular weight excluding hydrogens is 298 g/mol. The van der Waals surface area contributed by atoms with Crippen LogP contribution in [0.1, 0.15) is 38.5 Å². The van der Waals surface area contributed by atoms with E-state index < -0.39 is 17.8 Å². The maximum Gasteiger partial charge on any atom is 0.334 e. The van der Waals surface area contributed by atoms with Crippen molar-refractivity contribution in [2.45, 2.75) is 44.1 Å². The quantitative estimate of drug-likeness (QED) is 0.606. The van der Waals surface area contributed by atoms with Crippen LogP contribution in [0, 0.1) is 17.8 Å². The first kappa shape index (κ1) is 14.7. The molecule has 4 saturated carbocycles. The van der Waals surface area contributed by atoms with E-state index in [1.807, 2.05) is 0 Å². The number of amides is 5. The van der Waals surface area contributed by atoms with Crippen molar-refractivity contribution >= 4 is 23.8 Å². The van der Waals surface area contributed by atoms with Gasteiger partial charge in [0.2, 0.25) is 5.91 Å². The average molecular weight is 319 g/mol. The van der Waals surface area contributed by atoms with Gasteiger partial charge < -0.3 is 5.32 Å². The fraction of sp³-hybridized carbons (Fsp3) is 0.750. The summed E-state index contributed by atoms with van der Waals surface area (Å²) in [4.78, 5) is 49.0. The van der Waals surface area contributed by atoms with Crippen molar-refractivity contribution in [3.8, 4) is 0 Å². The molecule has 1 aliphatic heterocycles. The molecule has 0 aromatic rings. The summed E-state index contributed by atoms with van der Waals surface area (Å²) >= 11 is 0. The van der Waals surface area contributed by atoms with E-state index in [0.717, 1.165) is 29.1 Å². The standard InChI is InChI=1S/C16H21N3O4/c1-18-13(21)14(22)19(15(18)23)8-12(20)17-16-5-9-2-10(6-16)4-11(3-9)7-16/h9-11H,2-8H2,1H3,(H,17,20). The third-order valence-corrected chi connectivity index (χ3v) is 6.00. The Bertz CT molecular complexity index is 579. The molecule has 0 atom stereocenters. The summed E-state index contributed by atoms with van der Waals surface area (Å²) in [5.74, 6) is -0.0366. The lowest BCUT2D eigenvalue weighted by Crippen LogP contribution is -2.61. The van der Waals surface area contributed by atoms with Crippen molar-refractivity contribution in [1.29, 1.82) is 0 Å². The molecule has 1 heterocycles. The van der Waals surface area contributed by atoms with Gasteiger partial charge in [-0.3, -0.25) is 19.3 Å². The molecule has 0 aromatic carbocycles. The number of likely N-dealkylation sites (N-methyl/N-ethyl adjacent to an activating group) is 1. The average Bonchev–Trinajstić information content (AvgIpc) is 2.63. The van der Waals surface area contributed by atoms with Crippen LogP contribution >= 0.6 is 0 Å². The lowest BCUT2D eigenvalue weighted by molar-refractivity contribution is -0.144. The van der Waals surface area contributed by atoms with Gasteiger partial charge >= 0.3 is 17.8 Å². The number of nitrogens with one attached hydrogen (secondary N) is 1. The maximum absolute atomic E-state index is 12.4. The first-order chi connectivity index (χ1) is 10.9. The molecule has 7 heteroatoms. The lowest BCUT2D eigenvalue weighted by Gasteiger charge is -2.56. The van der Waals surface area contributed by atoms with E-state index in [1.165, 1.54) is 26.3 Å². The van der Waals surface area contributed by atoms with E-state index in [2.05, 4.69) is 5.32 Å². The molecule has 5 amide bonds. The zero-order valence-corrected chi connectivity index (χ0v) is 13.2.